The van der Waals surface area contributed by atoms with E-state index in [-0.39, 0.29) is 12.6 Å². The summed E-state index contributed by atoms with van der Waals surface area (Å²) in [7, 11) is 1.62. The van der Waals surface area contributed by atoms with Crippen molar-refractivity contribution in [3.05, 3.63) is 29.3 Å². The molecule has 0 bridgehead atoms. The summed E-state index contributed by atoms with van der Waals surface area (Å²) >= 11 is 5.81. The van der Waals surface area contributed by atoms with Crippen LogP contribution in [0.2, 0.25) is 5.02 Å². The maximum absolute atomic E-state index is 11.8. The number of anilines is 1. The molecule has 0 aliphatic carbocycles. The molecule has 0 aromatic heterocycles. The standard InChI is InChI=1S/C12H17ClN2O2/c1-12(2,17)8-15(3)11(16)14-10-6-4-5-9(13)7-10/h4-7,17H,8H2,1-3H3,(H,14,16). The number of aliphatic hydroxyl groups is 1. The van der Waals surface area contributed by atoms with Gasteiger partial charge in [-0.05, 0) is 32.0 Å². The molecule has 0 aliphatic heterocycles. The average molecular weight is 257 g/mol. The van der Waals surface area contributed by atoms with Crippen molar-refractivity contribution < 1.29 is 9.90 Å². The van der Waals surface area contributed by atoms with Gasteiger partial charge < -0.3 is 15.3 Å². The minimum absolute atomic E-state index is 0.249. The van der Waals surface area contributed by atoms with E-state index in [1.54, 1.807) is 45.2 Å². The third kappa shape index (κ3) is 5.06. The lowest BCUT2D eigenvalue weighted by Crippen LogP contribution is -2.41. The second-order valence-electron chi connectivity index (χ2n) is 4.61. The Morgan fingerprint density at radius 2 is 2.18 bits per heavy atom. The Hall–Kier alpha value is -1.26. The molecule has 0 unspecified atom stereocenters. The highest BCUT2D eigenvalue weighted by molar-refractivity contribution is 6.30. The van der Waals surface area contributed by atoms with Crippen LogP contribution in [0, 0.1) is 0 Å². The molecule has 17 heavy (non-hydrogen) atoms. The number of nitrogens with zero attached hydrogens (tertiary/aromatic N) is 1. The summed E-state index contributed by atoms with van der Waals surface area (Å²) in [6, 6.07) is 6.62. The highest BCUT2D eigenvalue weighted by atomic mass is 35.5. The molecule has 2 N–H and O–H groups in total. The number of carbonyl (C=O) groups excluding carboxylic acids is 1. The van der Waals surface area contributed by atoms with Crippen LogP contribution in [0.3, 0.4) is 0 Å². The lowest BCUT2D eigenvalue weighted by atomic mass is 10.1. The van der Waals surface area contributed by atoms with Crippen molar-refractivity contribution in [2.24, 2.45) is 0 Å². The number of hydrogen-bond donors (Lipinski definition) is 2. The molecule has 0 fully saturated rings. The van der Waals surface area contributed by atoms with Gasteiger partial charge in [0.15, 0.2) is 0 Å². The zero-order chi connectivity index (χ0) is 13.1. The van der Waals surface area contributed by atoms with Gasteiger partial charge in [0.1, 0.15) is 0 Å². The Kier molecular flexibility index (Phi) is 4.37. The number of halogens is 1. The van der Waals surface area contributed by atoms with Crippen molar-refractivity contribution in [3.8, 4) is 0 Å². The van der Waals surface area contributed by atoms with E-state index >= 15 is 0 Å². The number of benzene rings is 1. The molecule has 1 rings (SSSR count). The lowest BCUT2D eigenvalue weighted by Gasteiger charge is -2.25. The van der Waals surface area contributed by atoms with Crippen LogP contribution >= 0.6 is 11.6 Å². The van der Waals surface area contributed by atoms with Gasteiger partial charge in [-0.2, -0.15) is 0 Å². The van der Waals surface area contributed by atoms with Gasteiger partial charge in [-0.25, -0.2) is 4.79 Å². The molecule has 1 aromatic rings. The van der Waals surface area contributed by atoms with Gasteiger partial charge in [-0.3, -0.25) is 0 Å². The monoisotopic (exact) mass is 256 g/mol. The summed E-state index contributed by atoms with van der Waals surface area (Å²) in [5.74, 6) is 0. The predicted octanol–water partition coefficient (Wildman–Crippen LogP) is 2.57. The molecule has 0 heterocycles. The Balaban J connectivity index is 2.60. The first-order chi connectivity index (χ1) is 7.78. The number of likely N-dealkylation sites (N-methyl/N-ethyl adjacent to an activating group) is 1. The summed E-state index contributed by atoms with van der Waals surface area (Å²) in [5, 5.41) is 12.9. The molecular formula is C12H17ClN2O2. The highest BCUT2D eigenvalue weighted by Gasteiger charge is 2.19. The van der Waals surface area contributed by atoms with Crippen molar-refractivity contribution in [1.82, 2.24) is 4.90 Å². The molecule has 0 saturated heterocycles. The van der Waals surface area contributed by atoms with Crippen molar-refractivity contribution in [2.45, 2.75) is 19.4 Å². The van der Waals surface area contributed by atoms with Crippen molar-refractivity contribution >= 4 is 23.3 Å². The first kappa shape index (κ1) is 13.8. The van der Waals surface area contributed by atoms with Crippen LogP contribution in [0.5, 0.6) is 0 Å². The number of rotatable bonds is 3. The molecule has 0 atom stereocenters. The largest absolute Gasteiger partial charge is 0.389 e. The summed E-state index contributed by atoms with van der Waals surface area (Å²) in [6.45, 7) is 3.55. The van der Waals surface area contributed by atoms with E-state index in [4.69, 9.17) is 11.6 Å². The normalized spacial score (nSPS) is 11.1. The number of carbonyl (C=O) groups is 1. The van der Waals surface area contributed by atoms with Crippen LogP contribution in [0.15, 0.2) is 24.3 Å². The predicted molar refractivity (Wildman–Crippen MR) is 69.4 cm³/mol. The molecule has 94 valence electrons. The van der Waals surface area contributed by atoms with Crippen LogP contribution in [-0.2, 0) is 0 Å². The molecule has 5 heteroatoms. The van der Waals surface area contributed by atoms with Crippen molar-refractivity contribution in [3.63, 3.8) is 0 Å². The first-order valence-corrected chi connectivity index (χ1v) is 5.66. The van der Waals surface area contributed by atoms with E-state index in [1.165, 1.54) is 4.90 Å². The van der Waals surface area contributed by atoms with E-state index in [9.17, 15) is 9.90 Å². The Morgan fingerprint density at radius 3 is 2.71 bits per heavy atom. The lowest BCUT2D eigenvalue weighted by molar-refractivity contribution is 0.0550. The SMILES string of the molecule is CN(CC(C)(C)O)C(=O)Nc1cccc(Cl)c1. The van der Waals surface area contributed by atoms with Crippen molar-refractivity contribution in [2.75, 3.05) is 18.9 Å². The Bertz CT molecular complexity index is 402. The molecule has 4 nitrogen and oxygen atoms in total. The fourth-order valence-electron chi connectivity index (χ4n) is 1.44. The minimum atomic E-state index is -0.916. The van der Waals surface area contributed by atoms with E-state index in [1.807, 2.05) is 0 Å². The second-order valence-corrected chi connectivity index (χ2v) is 5.05. The molecule has 2 amide bonds. The topological polar surface area (TPSA) is 52.6 Å². The fourth-order valence-corrected chi connectivity index (χ4v) is 1.63. The smallest absolute Gasteiger partial charge is 0.321 e. The van der Waals surface area contributed by atoms with Crippen LogP contribution in [0.4, 0.5) is 10.5 Å². The first-order valence-electron chi connectivity index (χ1n) is 5.28. The summed E-state index contributed by atoms with van der Waals surface area (Å²) in [5.41, 5.74) is -0.287. The van der Waals surface area contributed by atoms with Gasteiger partial charge in [0, 0.05) is 17.8 Å². The van der Waals surface area contributed by atoms with E-state index < -0.39 is 5.60 Å². The molecule has 0 aliphatic rings. The average Bonchev–Trinajstić information content (AvgIpc) is 2.14. The van der Waals surface area contributed by atoms with Crippen LogP contribution < -0.4 is 5.32 Å². The van der Waals surface area contributed by atoms with Gasteiger partial charge in [0.2, 0.25) is 0 Å². The Labute approximate surface area is 106 Å². The quantitative estimate of drug-likeness (QED) is 0.873. The van der Waals surface area contributed by atoms with E-state index in [0.29, 0.717) is 10.7 Å². The van der Waals surface area contributed by atoms with Gasteiger partial charge >= 0.3 is 6.03 Å². The second kappa shape index (κ2) is 5.38. The zero-order valence-corrected chi connectivity index (χ0v) is 11.0. The van der Waals surface area contributed by atoms with Crippen LogP contribution in [0.25, 0.3) is 0 Å². The summed E-state index contributed by atoms with van der Waals surface area (Å²) in [6.07, 6.45) is 0. The third-order valence-corrected chi connectivity index (χ3v) is 2.28. The Morgan fingerprint density at radius 1 is 1.53 bits per heavy atom. The number of nitrogens with one attached hydrogen (secondary N) is 1. The molecular weight excluding hydrogens is 240 g/mol. The zero-order valence-electron chi connectivity index (χ0n) is 10.2. The molecule has 0 saturated carbocycles. The maximum Gasteiger partial charge on any atom is 0.321 e. The van der Waals surface area contributed by atoms with E-state index in [2.05, 4.69) is 5.32 Å². The van der Waals surface area contributed by atoms with Crippen LogP contribution in [0.1, 0.15) is 13.8 Å². The van der Waals surface area contributed by atoms with E-state index in [0.717, 1.165) is 0 Å². The number of urea groups is 1. The van der Waals surface area contributed by atoms with Gasteiger partial charge in [0.25, 0.3) is 0 Å². The fraction of sp³-hybridized carbons (Fsp3) is 0.417. The van der Waals surface area contributed by atoms with Gasteiger partial charge in [-0.1, -0.05) is 17.7 Å². The summed E-state index contributed by atoms with van der Waals surface area (Å²) in [4.78, 5) is 13.2. The molecule has 0 spiro atoms. The number of hydrogen-bond acceptors (Lipinski definition) is 2. The van der Waals surface area contributed by atoms with Crippen molar-refractivity contribution in [1.29, 1.82) is 0 Å². The highest BCUT2D eigenvalue weighted by Crippen LogP contribution is 2.15. The number of amides is 2. The minimum Gasteiger partial charge on any atom is -0.389 e. The maximum atomic E-state index is 11.8. The van der Waals surface area contributed by atoms with Gasteiger partial charge in [0.05, 0.1) is 12.1 Å². The summed E-state index contributed by atoms with van der Waals surface area (Å²) < 4.78 is 0. The molecule has 0 radical (unpaired) electrons. The van der Waals surface area contributed by atoms with Gasteiger partial charge in [-0.15, -0.1) is 0 Å². The molecule has 1 aromatic carbocycles. The third-order valence-electron chi connectivity index (χ3n) is 2.05. The van der Waals surface area contributed by atoms with Crippen LogP contribution in [-0.4, -0.2) is 35.2 Å².